The van der Waals surface area contributed by atoms with Crippen LogP contribution in [0.15, 0.2) is 239 Å². The first-order valence-electron chi connectivity index (χ1n) is 40.5. The fraction of sp³-hybridized carbons (Fsp3) is 0.449. The van der Waals surface area contributed by atoms with Crippen LogP contribution in [0.5, 0.6) is 0 Å². The van der Waals surface area contributed by atoms with Gasteiger partial charge in [-0.15, -0.1) is 12.3 Å². The fourth-order valence-electron chi connectivity index (χ4n) is 13.9. The average molecular weight is 1650 g/mol. The highest BCUT2D eigenvalue weighted by Gasteiger charge is 2.53. The number of halogens is 2. The molecule has 0 fully saturated rings. The zero-order chi connectivity index (χ0) is 86.5. The molecule has 0 radical (unpaired) electrons. The third-order valence-electron chi connectivity index (χ3n) is 20.0. The summed E-state index contributed by atoms with van der Waals surface area (Å²) < 4.78 is 30.6. The summed E-state index contributed by atoms with van der Waals surface area (Å²) in [4.78, 5) is 75.5. The summed E-state index contributed by atoms with van der Waals surface area (Å²) in [5, 5.41) is 14.6. The molecule has 4 aromatic carbocycles. The molecule has 4 aromatic rings. The van der Waals surface area contributed by atoms with E-state index in [4.69, 9.17) is 52.7 Å². The first-order chi connectivity index (χ1) is 54.6. The fourth-order valence-corrected chi connectivity index (χ4v) is 23.5. The standard InChI is InChI=1S/C48H63ClN2O6Si.C36H48ClNO3Si.C14H20O2/c1-35(34-36(2)41-31-32-42(55-10)46(54)56-41)22-15-11-12-20-28-43(52)51-44(47(4,5)6)45(53)50-33-21-23-38(30-29-37(3)49)57-58(48(7,8)9,39-24-16-13-17-25-39)40-26-18-14-19-27-40;1-9-10-25-33(40)38-34(35(3,4)5)32(39)24-18-17-19-29(27-26-28(2)37)41-42(36(6,7)8,30-20-13-11-14-21-30)31-22-15-12-16-23-31;1-5-6-10(2)9-12(4)13-8-7-11(3)14(15)16-13/h13-19,21-22,24-27,29,32-34,36,38,41,44H,20,23,28,30-31H2,1-10H3,(H,50,53)(H,51,52);1,11-18,20-23,26,29,34H,10,19,24-25,27H2,2-8H3,(H,38,40);5-7,9,12-13H,8H2,1-4H3/b22-15-,33-21-,35-34+,37-29+;18-17-,28-26+;6-5-,10-9+/t36-,38+,41-,44+;29-,34-;12-,13-/m010/s1. The second-order valence-corrected chi connectivity index (χ2v) is 43.7. The normalized spacial score (nSPS) is 17.1. The van der Waals surface area contributed by atoms with Crippen molar-refractivity contribution in [3.63, 3.8) is 0 Å². The summed E-state index contributed by atoms with van der Waals surface area (Å²) in [6.07, 6.45) is 36.8. The molecular formula is C98H131Cl2N3O11Si2. The van der Waals surface area contributed by atoms with Crippen LogP contribution in [0.2, 0.25) is 10.1 Å². The predicted octanol–water partition coefficient (Wildman–Crippen LogP) is 19.5. The number of benzene rings is 4. The first kappa shape index (κ1) is 99.5. The van der Waals surface area contributed by atoms with Gasteiger partial charge >= 0.3 is 11.9 Å². The third kappa shape index (κ3) is 32.6. The summed E-state index contributed by atoms with van der Waals surface area (Å²) in [5.74, 6) is 7.56. The summed E-state index contributed by atoms with van der Waals surface area (Å²) in [6, 6.07) is 40.8. The molecule has 18 heteroatoms. The number of esters is 2. The van der Waals surface area contributed by atoms with Gasteiger partial charge in [-0.1, -0.05) is 331 Å². The number of cyclic esters (lactones) is 2. The van der Waals surface area contributed by atoms with Crippen molar-refractivity contribution in [3.8, 4) is 24.2 Å². The SMILES string of the molecule is C#CCCC(=O)N[C@H](C(=O)C/C=C\C[C@H](C/C=C(\C)Cl)O[Si](c1ccccc1)(c1ccccc1)C(C)(C)C)C(C)(C)C.C/C=C\C(C)=C\[C@H](C)[C@@H]1CC=C(C)C(=O)O1.COC1=CC[C@@H]([C@@H](C)/C=C(C)/C=C\C#CCCC(=O)N[C@H](C(=O)N/C=C\C[C@H](C/C=C(\C)Cl)O[Si](c2ccccc2)(c2ccccc2)C(C)(C)C)C(C)(C)C)OC1=O. The van der Waals surface area contributed by atoms with Crippen molar-refractivity contribution in [2.45, 2.75) is 256 Å². The summed E-state index contributed by atoms with van der Waals surface area (Å²) in [6.45, 7) is 40.8. The number of methoxy groups -OCH3 is 1. The van der Waals surface area contributed by atoms with Crippen LogP contribution in [0.4, 0.5) is 0 Å². The predicted molar refractivity (Wildman–Crippen MR) is 484 cm³/mol. The maximum atomic E-state index is 13.5. The number of terminal acetylenes is 1. The molecule has 0 saturated carbocycles. The van der Waals surface area contributed by atoms with Crippen molar-refractivity contribution >= 4 is 96.0 Å². The highest BCUT2D eigenvalue weighted by molar-refractivity contribution is 7.00. The molecule has 14 nitrogen and oxygen atoms in total. The second kappa shape index (κ2) is 48.8. The Morgan fingerprint density at radius 3 is 1.39 bits per heavy atom. The Bertz CT molecular complexity index is 4180. The highest BCUT2D eigenvalue weighted by atomic mass is 35.5. The van der Waals surface area contributed by atoms with Crippen LogP contribution in [0.25, 0.3) is 0 Å². The number of Topliss-reactive ketones (excluding diaryl/α,β-unsaturated/α-hetero) is 1. The summed E-state index contributed by atoms with van der Waals surface area (Å²) >= 11 is 12.6. The minimum atomic E-state index is -2.84. The molecule has 2 heterocycles. The van der Waals surface area contributed by atoms with Crippen molar-refractivity contribution in [1.82, 2.24) is 16.0 Å². The molecule has 116 heavy (non-hydrogen) atoms. The molecule has 626 valence electrons. The van der Waals surface area contributed by atoms with Crippen molar-refractivity contribution in [2.75, 3.05) is 7.11 Å². The van der Waals surface area contributed by atoms with Crippen LogP contribution < -0.4 is 36.7 Å². The maximum absolute atomic E-state index is 13.5. The topological polar surface area (TPSA) is 185 Å². The number of nitrogens with one attached hydrogen (secondary N) is 3. The number of allylic oxidation sites excluding steroid dienone is 9. The largest absolute Gasteiger partial charge is 0.490 e. The number of rotatable bonds is 34. The summed E-state index contributed by atoms with van der Waals surface area (Å²) in [5.41, 5.74) is 1.94. The van der Waals surface area contributed by atoms with Gasteiger partial charge < -0.3 is 39.0 Å². The molecule has 0 aliphatic carbocycles. The van der Waals surface area contributed by atoms with Gasteiger partial charge in [-0.25, -0.2) is 9.59 Å². The van der Waals surface area contributed by atoms with Crippen molar-refractivity contribution in [1.29, 1.82) is 0 Å². The number of hydrogen-bond donors (Lipinski definition) is 3. The van der Waals surface area contributed by atoms with E-state index in [0.717, 1.165) is 22.6 Å². The molecular weight excluding hydrogens is 1520 g/mol. The Morgan fingerprint density at radius 1 is 0.578 bits per heavy atom. The van der Waals surface area contributed by atoms with Gasteiger partial charge in [-0.2, -0.15) is 0 Å². The van der Waals surface area contributed by atoms with Gasteiger partial charge in [0.15, 0.2) is 11.5 Å². The van der Waals surface area contributed by atoms with E-state index in [1.54, 1.807) is 25.3 Å². The number of ketones is 1. The van der Waals surface area contributed by atoms with Gasteiger partial charge in [-0.3, -0.25) is 19.2 Å². The maximum Gasteiger partial charge on any atom is 0.373 e. The zero-order valence-electron chi connectivity index (χ0n) is 72.9. The van der Waals surface area contributed by atoms with E-state index in [1.165, 1.54) is 33.4 Å². The lowest BCUT2D eigenvalue weighted by atomic mass is 9.83. The molecule has 0 spiro atoms. The van der Waals surface area contributed by atoms with E-state index in [0.29, 0.717) is 50.0 Å². The van der Waals surface area contributed by atoms with E-state index < -0.39 is 45.5 Å². The van der Waals surface area contributed by atoms with Crippen LogP contribution in [0.1, 0.15) is 209 Å². The molecule has 3 N–H and O–H groups in total. The molecule has 0 aromatic heterocycles. The van der Waals surface area contributed by atoms with Gasteiger partial charge in [0, 0.05) is 72.4 Å². The number of carbonyl (C=O) groups is 6. The Kier molecular flexibility index (Phi) is 41.8. The first-order valence-corrected chi connectivity index (χ1v) is 45.1. The van der Waals surface area contributed by atoms with Crippen molar-refractivity contribution in [2.24, 2.45) is 22.7 Å². The van der Waals surface area contributed by atoms with Gasteiger partial charge in [-0.05, 0) is 127 Å². The molecule has 3 amide bonds. The minimum absolute atomic E-state index is 0.0113. The molecule has 2 aliphatic heterocycles. The van der Waals surface area contributed by atoms with E-state index in [1.807, 2.05) is 155 Å². The van der Waals surface area contributed by atoms with E-state index >= 15 is 0 Å². The van der Waals surface area contributed by atoms with Crippen molar-refractivity contribution < 1.29 is 51.8 Å². The molecule has 6 rings (SSSR count). The number of hydrogen-bond acceptors (Lipinski definition) is 11. The molecule has 2 aliphatic rings. The quantitative estimate of drug-likeness (QED) is 0.0133. The van der Waals surface area contributed by atoms with Gasteiger partial charge in [0.25, 0.3) is 16.6 Å². The molecule has 0 bridgehead atoms. The Hall–Kier alpha value is -8.85. The molecule has 8 atom stereocenters. The van der Waals surface area contributed by atoms with E-state index in [-0.39, 0.29) is 101 Å². The lowest BCUT2D eigenvalue weighted by Crippen LogP contribution is -2.67. The molecule has 0 unspecified atom stereocenters. The van der Waals surface area contributed by atoms with Crippen LogP contribution in [0.3, 0.4) is 0 Å². The van der Waals surface area contributed by atoms with Crippen LogP contribution in [0, 0.1) is 46.9 Å². The van der Waals surface area contributed by atoms with Crippen LogP contribution in [-0.2, 0) is 51.8 Å². The second-order valence-electron chi connectivity index (χ2n) is 34.0. The zero-order valence-corrected chi connectivity index (χ0v) is 76.4. The van der Waals surface area contributed by atoms with E-state index in [2.05, 4.69) is 198 Å². The van der Waals surface area contributed by atoms with Crippen LogP contribution in [-0.4, -0.2) is 95.7 Å². The molecule has 0 saturated heterocycles. The number of carbonyl (C=O) groups excluding carboxylic acids is 6. The summed E-state index contributed by atoms with van der Waals surface area (Å²) in [7, 11) is -4.16. The lowest BCUT2D eigenvalue weighted by Gasteiger charge is -2.45. The minimum Gasteiger partial charge on any atom is -0.490 e. The van der Waals surface area contributed by atoms with Gasteiger partial charge in [0.05, 0.1) is 25.4 Å². The Morgan fingerprint density at radius 2 is 0.991 bits per heavy atom. The number of amides is 3. The van der Waals surface area contributed by atoms with Crippen LogP contribution >= 0.6 is 23.2 Å². The monoisotopic (exact) mass is 1650 g/mol. The van der Waals surface area contributed by atoms with Gasteiger partial charge in [0.2, 0.25) is 17.7 Å². The van der Waals surface area contributed by atoms with E-state index in [9.17, 15) is 28.8 Å². The Labute approximate surface area is 708 Å². The average Bonchev–Trinajstić information content (AvgIpc) is 0.748. The smallest absolute Gasteiger partial charge is 0.373 e. The number of ether oxygens (including phenoxy) is 3. The van der Waals surface area contributed by atoms with Gasteiger partial charge in [0.1, 0.15) is 18.2 Å². The lowest BCUT2D eigenvalue weighted by molar-refractivity contribution is -0.151. The highest BCUT2D eigenvalue weighted by Crippen LogP contribution is 2.40. The van der Waals surface area contributed by atoms with Crippen molar-refractivity contribution in [3.05, 3.63) is 239 Å². The third-order valence-corrected chi connectivity index (χ3v) is 30.5. The Balaban J connectivity index is 0.000000423.